The molecule has 7 heteroatoms. The molecule has 1 aliphatic carbocycles. The van der Waals surface area contributed by atoms with Crippen LogP contribution in [0.3, 0.4) is 0 Å². The van der Waals surface area contributed by atoms with Crippen LogP contribution in [0, 0.1) is 0 Å². The lowest BCUT2D eigenvalue weighted by Gasteiger charge is -2.20. The van der Waals surface area contributed by atoms with Gasteiger partial charge < -0.3 is 0 Å². The highest BCUT2D eigenvalue weighted by Gasteiger charge is 2.34. The third-order valence-corrected chi connectivity index (χ3v) is 7.54. The molecule has 0 amide bonds. The van der Waals surface area contributed by atoms with E-state index < -0.39 is 10.0 Å². The molecule has 150 valence electrons. The highest BCUT2D eigenvalue weighted by Crippen LogP contribution is 2.29. The fourth-order valence-corrected chi connectivity index (χ4v) is 5.62. The number of rotatable bonds is 3. The first-order chi connectivity index (χ1) is 14.4. The number of benzene rings is 2. The van der Waals surface area contributed by atoms with E-state index in [4.69, 9.17) is 11.6 Å². The van der Waals surface area contributed by atoms with Gasteiger partial charge in [-0.2, -0.15) is 4.57 Å². The molecule has 0 spiro atoms. The highest BCUT2D eigenvalue weighted by atomic mass is 35.5. The van der Waals surface area contributed by atoms with Crippen molar-refractivity contribution in [3.63, 3.8) is 0 Å². The fraction of sp³-hybridized carbons (Fsp3) is 0.130. The number of aromatic nitrogens is 2. The summed E-state index contributed by atoms with van der Waals surface area (Å²) in [5, 5.41) is 1.30. The summed E-state index contributed by atoms with van der Waals surface area (Å²) in [7, 11) is -3.69. The molecule has 0 radical (unpaired) electrons. The second kappa shape index (κ2) is 7.07. The van der Waals surface area contributed by atoms with Gasteiger partial charge in [0.25, 0.3) is 10.0 Å². The molecule has 0 N–H and O–H groups in total. The number of carbonyl (C=O) groups is 1. The summed E-state index contributed by atoms with van der Waals surface area (Å²) < 4.78 is 29.2. The van der Waals surface area contributed by atoms with Crippen LogP contribution in [0.15, 0.2) is 84.1 Å². The Morgan fingerprint density at radius 2 is 1.83 bits per heavy atom. The molecule has 0 bridgehead atoms. The van der Waals surface area contributed by atoms with Crippen molar-refractivity contribution in [3.05, 3.63) is 95.4 Å². The van der Waals surface area contributed by atoms with Crippen molar-refractivity contribution in [1.82, 2.24) is 3.97 Å². The predicted molar refractivity (Wildman–Crippen MR) is 114 cm³/mol. The standard InChI is InChI=1S/C23H18ClN2O3S/c24-18-8-6-16-7-9-22(23(27)20(16)14-18)25-12-11-21-17(15-25)10-13-26(21)30(28,29)19-4-2-1-3-5-19/h1-6,8,10-15,22H,7,9H2/q+1. The number of fused-ring (bicyclic) bond motifs is 2. The minimum absolute atomic E-state index is 0.0273. The van der Waals surface area contributed by atoms with Gasteiger partial charge in [-0.1, -0.05) is 35.9 Å². The topological polar surface area (TPSA) is 60.0 Å². The molecule has 5 rings (SSSR count). The molecule has 1 atom stereocenters. The molecule has 1 unspecified atom stereocenters. The molecule has 1 aliphatic rings. The van der Waals surface area contributed by atoms with Crippen molar-refractivity contribution < 1.29 is 17.8 Å². The Morgan fingerprint density at radius 3 is 2.63 bits per heavy atom. The minimum Gasteiger partial charge on any atom is -0.287 e. The number of pyridine rings is 1. The van der Waals surface area contributed by atoms with E-state index in [0.29, 0.717) is 22.5 Å². The van der Waals surface area contributed by atoms with E-state index in [9.17, 15) is 13.2 Å². The first-order valence-corrected chi connectivity index (χ1v) is 11.4. The van der Waals surface area contributed by atoms with Crippen LogP contribution in [0.25, 0.3) is 10.9 Å². The van der Waals surface area contributed by atoms with Crippen LogP contribution in [0.4, 0.5) is 0 Å². The van der Waals surface area contributed by atoms with Crippen LogP contribution in [0.1, 0.15) is 28.4 Å². The molecule has 2 aromatic carbocycles. The maximum atomic E-state index is 13.1. The van der Waals surface area contributed by atoms with Crippen molar-refractivity contribution in [2.75, 3.05) is 0 Å². The average molecular weight is 438 g/mol. The van der Waals surface area contributed by atoms with Crippen LogP contribution >= 0.6 is 11.6 Å². The van der Waals surface area contributed by atoms with Gasteiger partial charge in [-0.25, -0.2) is 12.4 Å². The summed E-state index contributed by atoms with van der Waals surface area (Å²) in [6, 6.07) is 16.9. The Hall–Kier alpha value is -2.96. The molecule has 0 saturated heterocycles. The molecule has 0 fully saturated rings. The SMILES string of the molecule is O=C1c2cc(Cl)ccc2CCC1[n+]1ccc2c(ccn2S(=O)(=O)c2ccccc2)c1. The number of ketones is 1. The van der Waals surface area contributed by atoms with Crippen LogP contribution in [0.5, 0.6) is 0 Å². The van der Waals surface area contributed by atoms with Crippen molar-refractivity contribution >= 4 is 38.3 Å². The number of nitrogens with zero attached hydrogens (tertiary/aromatic N) is 2. The lowest BCUT2D eigenvalue weighted by Crippen LogP contribution is -2.45. The molecule has 2 aromatic heterocycles. The van der Waals surface area contributed by atoms with Crippen LogP contribution in [-0.2, 0) is 16.4 Å². The van der Waals surface area contributed by atoms with Gasteiger partial charge in [-0.05, 0) is 42.3 Å². The highest BCUT2D eigenvalue weighted by molar-refractivity contribution is 7.90. The van der Waals surface area contributed by atoms with E-state index in [1.54, 1.807) is 60.9 Å². The van der Waals surface area contributed by atoms with Gasteiger partial charge in [0, 0.05) is 29.3 Å². The summed E-state index contributed by atoms with van der Waals surface area (Å²) in [5.74, 6) is 0.0273. The van der Waals surface area contributed by atoms with Gasteiger partial charge in [0.2, 0.25) is 11.8 Å². The summed E-state index contributed by atoms with van der Waals surface area (Å²) in [4.78, 5) is 13.3. The molecule has 30 heavy (non-hydrogen) atoms. The quantitative estimate of drug-likeness (QED) is 0.451. The zero-order valence-corrected chi connectivity index (χ0v) is 17.5. The number of halogens is 1. The zero-order chi connectivity index (χ0) is 20.9. The monoisotopic (exact) mass is 437 g/mol. The van der Waals surface area contributed by atoms with E-state index >= 15 is 0 Å². The predicted octanol–water partition coefficient (Wildman–Crippen LogP) is 4.19. The molecule has 0 aliphatic heterocycles. The largest absolute Gasteiger partial charge is 0.287 e. The summed E-state index contributed by atoms with van der Waals surface area (Å²) in [6.45, 7) is 0. The Bertz CT molecular complexity index is 1390. The molecule has 5 nitrogen and oxygen atoms in total. The summed E-state index contributed by atoms with van der Waals surface area (Å²) in [6.07, 6.45) is 6.64. The van der Waals surface area contributed by atoms with Gasteiger partial charge >= 0.3 is 0 Å². The summed E-state index contributed by atoms with van der Waals surface area (Å²) >= 11 is 6.09. The van der Waals surface area contributed by atoms with Crippen LogP contribution in [0.2, 0.25) is 5.02 Å². The van der Waals surface area contributed by atoms with Crippen LogP contribution < -0.4 is 4.57 Å². The van der Waals surface area contributed by atoms with E-state index in [-0.39, 0.29) is 16.7 Å². The van der Waals surface area contributed by atoms with Gasteiger partial charge in [-0.15, -0.1) is 0 Å². The first-order valence-electron chi connectivity index (χ1n) is 9.60. The maximum absolute atomic E-state index is 13.1. The van der Waals surface area contributed by atoms with Gasteiger partial charge in [-0.3, -0.25) is 4.79 Å². The first kappa shape index (κ1) is 19.0. The fourth-order valence-electron chi connectivity index (χ4n) is 4.07. The second-order valence-corrected chi connectivity index (χ2v) is 9.63. The zero-order valence-electron chi connectivity index (χ0n) is 15.9. The number of aryl methyl sites for hydroxylation is 1. The van der Waals surface area contributed by atoms with E-state index in [0.717, 1.165) is 17.4 Å². The van der Waals surface area contributed by atoms with Crippen molar-refractivity contribution in [2.45, 2.75) is 23.8 Å². The number of Topliss-reactive ketones (excluding diaryl/α,β-unsaturated/α-hetero) is 1. The third kappa shape index (κ3) is 3.04. The molecule has 4 aromatic rings. The van der Waals surface area contributed by atoms with Crippen molar-refractivity contribution in [1.29, 1.82) is 0 Å². The Kier molecular flexibility index (Phi) is 4.49. The average Bonchev–Trinajstić information content (AvgIpc) is 3.19. The van der Waals surface area contributed by atoms with E-state index in [2.05, 4.69) is 0 Å². The second-order valence-electron chi connectivity index (χ2n) is 7.38. The molecule has 2 heterocycles. The van der Waals surface area contributed by atoms with Gasteiger partial charge in [0.1, 0.15) is 0 Å². The Balaban J connectivity index is 1.54. The minimum atomic E-state index is -3.69. The smallest absolute Gasteiger partial charge is 0.268 e. The van der Waals surface area contributed by atoms with Crippen molar-refractivity contribution in [3.8, 4) is 0 Å². The molecular formula is C23H18ClN2O3S+. The van der Waals surface area contributed by atoms with E-state index in [1.807, 2.05) is 22.9 Å². The van der Waals surface area contributed by atoms with Gasteiger partial charge in [0.15, 0.2) is 12.4 Å². The van der Waals surface area contributed by atoms with Crippen LogP contribution in [-0.4, -0.2) is 18.2 Å². The van der Waals surface area contributed by atoms with Crippen molar-refractivity contribution in [2.24, 2.45) is 0 Å². The normalized spacial score (nSPS) is 16.6. The Labute approximate surface area is 179 Å². The maximum Gasteiger partial charge on any atom is 0.268 e. The molecular weight excluding hydrogens is 420 g/mol. The third-order valence-electron chi connectivity index (χ3n) is 5.60. The number of hydrogen-bond acceptors (Lipinski definition) is 3. The number of hydrogen-bond donors (Lipinski definition) is 0. The lowest BCUT2D eigenvalue weighted by atomic mass is 9.87. The molecule has 0 saturated carbocycles. The number of carbonyl (C=O) groups excluding carboxylic acids is 1. The van der Waals surface area contributed by atoms with E-state index in [1.165, 1.54) is 3.97 Å². The summed E-state index contributed by atoms with van der Waals surface area (Å²) in [5.41, 5.74) is 2.25. The lowest BCUT2D eigenvalue weighted by molar-refractivity contribution is -0.707. The Morgan fingerprint density at radius 1 is 1.03 bits per heavy atom. The van der Waals surface area contributed by atoms with Gasteiger partial charge in [0.05, 0.1) is 15.8 Å².